The number of hydrogen-bond acceptors (Lipinski definition) is 3. The molecule has 1 atom stereocenters. The Balaban J connectivity index is 2.60. The van der Waals surface area contributed by atoms with Crippen molar-refractivity contribution in [3.05, 3.63) is 53.4 Å². The van der Waals surface area contributed by atoms with E-state index in [1.165, 1.54) is 5.20 Å². The number of ketones is 1. The molecule has 1 aromatic rings. The zero-order chi connectivity index (χ0) is 23.3. The Bertz CT molecular complexity index is 818. The molecule has 1 amide bonds. The summed E-state index contributed by atoms with van der Waals surface area (Å²) in [6.07, 6.45) is 4.96. The smallest absolute Gasteiger partial charge is 0.410 e. The molecule has 0 aliphatic carbocycles. The fourth-order valence-electron chi connectivity index (χ4n) is 5.51. The van der Waals surface area contributed by atoms with Gasteiger partial charge >= 0.3 is 6.09 Å². The van der Waals surface area contributed by atoms with Crippen LogP contribution in [0.2, 0.25) is 16.6 Å². The first kappa shape index (κ1) is 25.1. The molecule has 0 bridgehead atoms. The molecular formula is C26H39NO3Si. The third-order valence-electron chi connectivity index (χ3n) is 6.78. The van der Waals surface area contributed by atoms with Crippen LogP contribution in [0.15, 0.2) is 53.4 Å². The number of carbonyl (C=O) groups is 2. The summed E-state index contributed by atoms with van der Waals surface area (Å²) in [5.74, 6) is 0.628. The molecule has 0 fully saturated rings. The highest BCUT2D eigenvalue weighted by molar-refractivity contribution is 6.90. The van der Waals surface area contributed by atoms with E-state index >= 15 is 0 Å². The molecular weight excluding hydrogens is 402 g/mol. The van der Waals surface area contributed by atoms with E-state index in [0.717, 1.165) is 12.0 Å². The second-order valence-corrected chi connectivity index (χ2v) is 15.4. The Morgan fingerprint density at radius 2 is 1.55 bits per heavy atom. The van der Waals surface area contributed by atoms with Gasteiger partial charge in [0.1, 0.15) is 5.75 Å². The van der Waals surface area contributed by atoms with Crippen LogP contribution in [0.4, 0.5) is 4.79 Å². The molecule has 0 aromatic heterocycles. The lowest BCUT2D eigenvalue weighted by Gasteiger charge is -2.46. The number of allylic oxidation sites excluding steroid dienone is 2. The van der Waals surface area contributed by atoms with Crippen molar-refractivity contribution >= 4 is 20.0 Å². The van der Waals surface area contributed by atoms with E-state index in [9.17, 15) is 9.59 Å². The van der Waals surface area contributed by atoms with Gasteiger partial charge in [-0.05, 0) is 47.3 Å². The Morgan fingerprint density at radius 1 is 1.00 bits per heavy atom. The third kappa shape index (κ3) is 5.03. The largest absolute Gasteiger partial charge is 0.419 e. The van der Waals surface area contributed by atoms with Crippen LogP contribution in [0.25, 0.3) is 0 Å². The molecule has 0 radical (unpaired) electrons. The lowest BCUT2D eigenvalue weighted by Crippen LogP contribution is -2.50. The third-order valence-corrected chi connectivity index (χ3v) is 13.8. The van der Waals surface area contributed by atoms with Crippen LogP contribution in [0.5, 0.6) is 5.75 Å². The molecule has 0 saturated carbocycles. The van der Waals surface area contributed by atoms with E-state index in [2.05, 4.69) is 47.6 Å². The van der Waals surface area contributed by atoms with Gasteiger partial charge < -0.3 is 4.74 Å². The molecule has 1 unspecified atom stereocenters. The summed E-state index contributed by atoms with van der Waals surface area (Å²) in [6.45, 7) is 17.7. The molecule has 4 nitrogen and oxygen atoms in total. The zero-order valence-electron chi connectivity index (χ0n) is 20.4. The number of amides is 1. The second-order valence-electron chi connectivity index (χ2n) is 9.52. The van der Waals surface area contributed by atoms with Crippen LogP contribution in [0, 0.1) is 0 Å². The summed E-state index contributed by atoms with van der Waals surface area (Å²) in [6, 6.07) is 8.76. The summed E-state index contributed by atoms with van der Waals surface area (Å²) in [7, 11) is -2.06. The molecule has 1 heterocycles. The Morgan fingerprint density at radius 3 is 2.03 bits per heavy atom. The highest BCUT2D eigenvalue weighted by atomic mass is 28.3. The SMILES string of the molecule is CCCC(=O)C1=CC([Si](C(C)C)(C(C)C)C(C)C)=CN(C(=O)Oc2ccccc2)C1C. The van der Waals surface area contributed by atoms with E-state index in [1.54, 1.807) is 17.0 Å². The highest BCUT2D eigenvalue weighted by Gasteiger charge is 2.47. The molecule has 0 spiro atoms. The van der Waals surface area contributed by atoms with Gasteiger partial charge in [-0.1, -0.05) is 72.7 Å². The van der Waals surface area contributed by atoms with E-state index in [4.69, 9.17) is 4.74 Å². The average Bonchev–Trinajstić information content (AvgIpc) is 2.69. The summed E-state index contributed by atoms with van der Waals surface area (Å²) in [5, 5.41) is 1.18. The Kier molecular flexibility index (Phi) is 8.47. The average molecular weight is 442 g/mol. The van der Waals surface area contributed by atoms with E-state index < -0.39 is 14.2 Å². The lowest BCUT2D eigenvalue weighted by molar-refractivity contribution is -0.116. The number of hydrogen-bond donors (Lipinski definition) is 0. The van der Waals surface area contributed by atoms with E-state index in [0.29, 0.717) is 28.8 Å². The Labute approximate surface area is 189 Å². The molecule has 1 aromatic carbocycles. The van der Waals surface area contributed by atoms with Crippen LogP contribution in [0.1, 0.15) is 68.2 Å². The van der Waals surface area contributed by atoms with E-state index in [-0.39, 0.29) is 11.8 Å². The van der Waals surface area contributed by atoms with Gasteiger partial charge in [-0.3, -0.25) is 9.69 Å². The van der Waals surface area contributed by atoms with Crippen LogP contribution in [-0.2, 0) is 4.79 Å². The maximum Gasteiger partial charge on any atom is 0.419 e. The number of Topliss-reactive ketones (excluding diaryl/α,β-unsaturated/α-hetero) is 1. The van der Waals surface area contributed by atoms with Crippen molar-refractivity contribution in [1.82, 2.24) is 4.90 Å². The minimum absolute atomic E-state index is 0.122. The normalized spacial score (nSPS) is 17.1. The van der Waals surface area contributed by atoms with Gasteiger partial charge in [-0.2, -0.15) is 0 Å². The van der Waals surface area contributed by atoms with Gasteiger partial charge in [0.05, 0.1) is 14.1 Å². The van der Waals surface area contributed by atoms with Crippen LogP contribution < -0.4 is 4.74 Å². The van der Waals surface area contributed by atoms with Crippen molar-refractivity contribution in [2.75, 3.05) is 0 Å². The quantitative estimate of drug-likeness (QED) is 0.398. The van der Waals surface area contributed by atoms with Crippen molar-refractivity contribution in [1.29, 1.82) is 0 Å². The van der Waals surface area contributed by atoms with Gasteiger partial charge in [0.15, 0.2) is 5.78 Å². The first-order valence-electron chi connectivity index (χ1n) is 11.6. The maximum absolute atomic E-state index is 13.2. The van der Waals surface area contributed by atoms with Crippen LogP contribution in [-0.4, -0.2) is 30.9 Å². The minimum Gasteiger partial charge on any atom is -0.410 e. The van der Waals surface area contributed by atoms with Crippen LogP contribution >= 0.6 is 0 Å². The van der Waals surface area contributed by atoms with Crippen molar-refractivity contribution in [3.8, 4) is 5.75 Å². The number of nitrogens with zero attached hydrogens (tertiary/aromatic N) is 1. The van der Waals surface area contributed by atoms with Gasteiger partial charge in [0.2, 0.25) is 0 Å². The van der Waals surface area contributed by atoms with Crippen LogP contribution in [0.3, 0.4) is 0 Å². The van der Waals surface area contributed by atoms with Gasteiger partial charge in [-0.25, -0.2) is 4.79 Å². The summed E-state index contributed by atoms with van der Waals surface area (Å²) >= 11 is 0. The zero-order valence-corrected chi connectivity index (χ0v) is 21.4. The summed E-state index contributed by atoms with van der Waals surface area (Å²) in [5.41, 5.74) is 2.14. The molecule has 170 valence electrons. The van der Waals surface area contributed by atoms with Gasteiger partial charge in [0, 0.05) is 18.2 Å². The minimum atomic E-state index is -2.06. The van der Waals surface area contributed by atoms with Crippen molar-refractivity contribution in [3.63, 3.8) is 0 Å². The first-order valence-corrected chi connectivity index (χ1v) is 13.8. The predicted octanol–water partition coefficient (Wildman–Crippen LogP) is 7.29. The topological polar surface area (TPSA) is 46.6 Å². The molecule has 1 aliphatic heterocycles. The number of carbonyl (C=O) groups excluding carboxylic acids is 2. The highest BCUT2D eigenvalue weighted by Crippen LogP contribution is 2.48. The Hall–Kier alpha value is -2.14. The fraction of sp³-hybridized carbons (Fsp3) is 0.538. The molecule has 5 heteroatoms. The van der Waals surface area contributed by atoms with Gasteiger partial charge in [0.25, 0.3) is 0 Å². The molecule has 2 rings (SSSR count). The number of rotatable bonds is 8. The second kappa shape index (κ2) is 10.4. The number of benzene rings is 1. The van der Waals surface area contributed by atoms with Crippen molar-refractivity contribution in [2.45, 2.75) is 90.9 Å². The van der Waals surface area contributed by atoms with Crippen molar-refractivity contribution < 1.29 is 14.3 Å². The molecule has 1 aliphatic rings. The summed E-state index contributed by atoms with van der Waals surface area (Å²) < 4.78 is 5.67. The monoisotopic (exact) mass is 441 g/mol. The summed E-state index contributed by atoms with van der Waals surface area (Å²) in [4.78, 5) is 27.9. The predicted molar refractivity (Wildman–Crippen MR) is 131 cm³/mol. The molecule has 0 saturated heterocycles. The van der Waals surface area contributed by atoms with Crippen molar-refractivity contribution in [2.24, 2.45) is 0 Å². The maximum atomic E-state index is 13.2. The fourth-order valence-corrected chi connectivity index (χ4v) is 12.3. The van der Waals surface area contributed by atoms with Gasteiger partial charge in [-0.15, -0.1) is 0 Å². The number of para-hydroxylation sites is 1. The van der Waals surface area contributed by atoms with E-state index in [1.807, 2.05) is 38.2 Å². The molecule has 0 N–H and O–H groups in total. The first-order chi connectivity index (χ1) is 14.6. The standard InChI is InChI=1S/C26H39NO3Si/c1-9-13-25(28)24-16-23(31(18(2)3,19(4)5)20(6)7)17-27(21(24)8)26(29)30-22-14-11-10-12-15-22/h10-12,14-21H,9,13H2,1-8H3. The number of ether oxygens (including phenoxy) is 1. The molecule has 31 heavy (non-hydrogen) atoms. The lowest BCUT2D eigenvalue weighted by atomic mass is 9.97.